The molecule has 2 heterocycles. The lowest BCUT2D eigenvalue weighted by molar-refractivity contribution is -0.121. The Bertz CT molecular complexity index is 495. The third kappa shape index (κ3) is 2.83. The van der Waals surface area contributed by atoms with Gasteiger partial charge in [0, 0.05) is 12.7 Å². The lowest BCUT2D eigenvalue weighted by Crippen LogP contribution is -2.28. The topological polar surface area (TPSA) is 85.6 Å². The van der Waals surface area contributed by atoms with E-state index >= 15 is 0 Å². The molecule has 7 nitrogen and oxygen atoms in total. The van der Waals surface area contributed by atoms with Crippen molar-refractivity contribution in [3.63, 3.8) is 0 Å². The Hall–Kier alpha value is -2.31. The summed E-state index contributed by atoms with van der Waals surface area (Å²) >= 11 is 0. The number of hydrogen-bond acceptors (Lipinski definition) is 5. The van der Waals surface area contributed by atoms with Gasteiger partial charge in [-0.3, -0.25) is 9.78 Å². The molecular weight excluding hydrogens is 220 g/mol. The van der Waals surface area contributed by atoms with Crippen LogP contribution in [0.4, 0.5) is 0 Å². The monoisotopic (exact) mass is 232 g/mol. The van der Waals surface area contributed by atoms with Gasteiger partial charge >= 0.3 is 0 Å². The molecule has 0 aliphatic rings. The molecule has 0 radical (unpaired) electrons. The Labute approximate surface area is 97.9 Å². The Kier molecular flexibility index (Phi) is 3.39. The molecule has 0 saturated heterocycles. The molecule has 0 aliphatic heterocycles. The number of amides is 1. The van der Waals surface area contributed by atoms with Crippen LogP contribution in [-0.2, 0) is 11.3 Å². The van der Waals surface area contributed by atoms with Gasteiger partial charge in [-0.25, -0.2) is 0 Å². The van der Waals surface area contributed by atoms with E-state index in [0.29, 0.717) is 18.1 Å². The Morgan fingerprint density at radius 2 is 2.35 bits per heavy atom. The Balaban J connectivity index is 2.09. The zero-order valence-electron chi connectivity index (χ0n) is 9.37. The van der Waals surface area contributed by atoms with E-state index in [-0.39, 0.29) is 12.5 Å². The molecule has 0 atom stereocenters. The quantitative estimate of drug-likeness (QED) is 0.793. The number of tetrazole rings is 1. The molecule has 0 aliphatic carbocycles. The molecule has 1 amide bonds. The van der Waals surface area contributed by atoms with Crippen molar-refractivity contribution in [2.45, 2.75) is 13.5 Å². The Morgan fingerprint density at radius 3 is 3.06 bits per heavy atom. The first-order chi connectivity index (χ1) is 8.29. The van der Waals surface area contributed by atoms with Crippen LogP contribution in [-0.4, -0.2) is 37.6 Å². The van der Waals surface area contributed by atoms with E-state index < -0.39 is 0 Å². The largest absolute Gasteiger partial charge is 0.355 e. The zero-order valence-corrected chi connectivity index (χ0v) is 9.37. The maximum Gasteiger partial charge on any atom is 0.243 e. The molecule has 0 aromatic carbocycles. The van der Waals surface area contributed by atoms with Gasteiger partial charge in [0.2, 0.25) is 11.7 Å². The van der Waals surface area contributed by atoms with Gasteiger partial charge in [-0.15, -0.1) is 10.2 Å². The maximum atomic E-state index is 11.3. The maximum absolute atomic E-state index is 11.3. The number of likely N-dealkylation sites (N-methyl/N-ethyl adjacent to an activating group) is 1. The van der Waals surface area contributed by atoms with Crippen LogP contribution in [0.2, 0.25) is 0 Å². The van der Waals surface area contributed by atoms with E-state index in [9.17, 15) is 4.79 Å². The molecule has 1 N–H and O–H groups in total. The fourth-order valence-corrected chi connectivity index (χ4v) is 1.29. The van der Waals surface area contributed by atoms with Crippen molar-refractivity contribution in [2.24, 2.45) is 0 Å². The third-order valence-corrected chi connectivity index (χ3v) is 2.01. The summed E-state index contributed by atoms with van der Waals surface area (Å²) in [7, 11) is 0. The van der Waals surface area contributed by atoms with Crippen molar-refractivity contribution in [3.05, 3.63) is 24.4 Å². The number of nitrogens with one attached hydrogen (secondary N) is 1. The molecule has 17 heavy (non-hydrogen) atoms. The molecule has 0 saturated carbocycles. The fourth-order valence-electron chi connectivity index (χ4n) is 1.29. The molecule has 0 bridgehead atoms. The number of carbonyl (C=O) groups excluding carboxylic acids is 1. The summed E-state index contributed by atoms with van der Waals surface area (Å²) in [4.78, 5) is 16.6. The number of hydrogen-bond donors (Lipinski definition) is 1. The predicted octanol–water partition coefficient (Wildman–Crippen LogP) is -0.129. The van der Waals surface area contributed by atoms with Gasteiger partial charge in [0.05, 0.1) is 0 Å². The van der Waals surface area contributed by atoms with E-state index in [1.165, 1.54) is 4.80 Å². The molecular formula is C10H12N6O. The molecule has 2 aromatic rings. The van der Waals surface area contributed by atoms with Crippen LogP contribution in [0.5, 0.6) is 0 Å². The summed E-state index contributed by atoms with van der Waals surface area (Å²) in [6.45, 7) is 2.50. The van der Waals surface area contributed by atoms with Crippen LogP contribution in [0.1, 0.15) is 6.92 Å². The predicted molar refractivity (Wildman–Crippen MR) is 59.7 cm³/mol. The van der Waals surface area contributed by atoms with Crippen LogP contribution < -0.4 is 5.32 Å². The standard InChI is InChI=1S/C10H12N6O/c1-2-11-9(17)7-16-14-10(13-15-16)8-5-3-4-6-12-8/h3-6H,2,7H2,1H3,(H,11,17). The summed E-state index contributed by atoms with van der Waals surface area (Å²) in [5, 5.41) is 14.4. The SMILES string of the molecule is CCNC(=O)Cn1nnc(-c2ccccn2)n1. The van der Waals surface area contributed by atoms with Crippen LogP contribution in [0.25, 0.3) is 11.5 Å². The highest BCUT2D eigenvalue weighted by Gasteiger charge is 2.08. The third-order valence-electron chi connectivity index (χ3n) is 2.01. The first-order valence-corrected chi connectivity index (χ1v) is 5.25. The van der Waals surface area contributed by atoms with E-state index in [0.717, 1.165) is 0 Å². The van der Waals surface area contributed by atoms with Crippen molar-refractivity contribution in [2.75, 3.05) is 6.54 Å². The van der Waals surface area contributed by atoms with Gasteiger partial charge < -0.3 is 5.32 Å². The summed E-state index contributed by atoms with van der Waals surface area (Å²) in [6.07, 6.45) is 1.65. The van der Waals surface area contributed by atoms with E-state index in [1.54, 1.807) is 12.3 Å². The van der Waals surface area contributed by atoms with Crippen LogP contribution >= 0.6 is 0 Å². The summed E-state index contributed by atoms with van der Waals surface area (Å²) in [5.74, 6) is 0.271. The van der Waals surface area contributed by atoms with E-state index in [2.05, 4.69) is 25.7 Å². The van der Waals surface area contributed by atoms with Crippen molar-refractivity contribution in [1.82, 2.24) is 30.5 Å². The second kappa shape index (κ2) is 5.15. The van der Waals surface area contributed by atoms with Gasteiger partial charge in [-0.1, -0.05) is 6.07 Å². The highest BCUT2D eigenvalue weighted by Crippen LogP contribution is 2.07. The number of aromatic nitrogens is 5. The number of nitrogens with zero attached hydrogens (tertiary/aromatic N) is 5. The van der Waals surface area contributed by atoms with Gasteiger partial charge in [0.25, 0.3) is 0 Å². The van der Waals surface area contributed by atoms with Gasteiger partial charge in [-0.2, -0.15) is 4.80 Å². The zero-order chi connectivity index (χ0) is 12.1. The first kappa shape index (κ1) is 11.2. The van der Waals surface area contributed by atoms with Gasteiger partial charge in [-0.05, 0) is 24.3 Å². The van der Waals surface area contributed by atoms with Crippen molar-refractivity contribution in [1.29, 1.82) is 0 Å². The molecule has 0 spiro atoms. The molecule has 2 aromatic heterocycles. The average molecular weight is 232 g/mol. The fraction of sp³-hybridized carbons (Fsp3) is 0.300. The highest BCUT2D eigenvalue weighted by atomic mass is 16.2. The second-order valence-electron chi connectivity index (χ2n) is 3.31. The molecule has 88 valence electrons. The number of carbonyl (C=O) groups is 1. The number of pyridine rings is 1. The van der Waals surface area contributed by atoms with E-state index in [1.807, 2.05) is 19.1 Å². The summed E-state index contributed by atoms with van der Waals surface area (Å²) in [5.41, 5.74) is 0.634. The van der Waals surface area contributed by atoms with Gasteiger partial charge in [0.15, 0.2) is 0 Å². The molecule has 7 heteroatoms. The smallest absolute Gasteiger partial charge is 0.243 e. The minimum Gasteiger partial charge on any atom is -0.355 e. The van der Waals surface area contributed by atoms with Crippen molar-refractivity contribution < 1.29 is 4.79 Å². The van der Waals surface area contributed by atoms with Crippen molar-refractivity contribution >= 4 is 5.91 Å². The van der Waals surface area contributed by atoms with Crippen molar-refractivity contribution in [3.8, 4) is 11.5 Å². The molecule has 0 unspecified atom stereocenters. The minimum absolute atomic E-state index is 0.0632. The average Bonchev–Trinajstić information content (AvgIpc) is 2.79. The second-order valence-corrected chi connectivity index (χ2v) is 3.31. The normalized spacial score (nSPS) is 10.2. The molecule has 2 rings (SSSR count). The van der Waals surface area contributed by atoms with E-state index in [4.69, 9.17) is 0 Å². The van der Waals surface area contributed by atoms with Crippen LogP contribution in [0, 0.1) is 0 Å². The summed E-state index contributed by atoms with van der Waals surface area (Å²) in [6, 6.07) is 5.43. The Morgan fingerprint density at radius 1 is 1.47 bits per heavy atom. The lowest BCUT2D eigenvalue weighted by Gasteiger charge is -1.99. The van der Waals surface area contributed by atoms with Crippen LogP contribution in [0.15, 0.2) is 24.4 Å². The number of rotatable bonds is 4. The first-order valence-electron chi connectivity index (χ1n) is 5.25. The molecule has 0 fully saturated rings. The van der Waals surface area contributed by atoms with Gasteiger partial charge in [0.1, 0.15) is 12.2 Å². The lowest BCUT2D eigenvalue weighted by atomic mass is 10.3. The minimum atomic E-state index is -0.141. The highest BCUT2D eigenvalue weighted by molar-refractivity contribution is 5.75. The summed E-state index contributed by atoms with van der Waals surface area (Å²) < 4.78 is 0. The van der Waals surface area contributed by atoms with Crippen LogP contribution in [0.3, 0.4) is 0 Å².